The average molecular weight is 459 g/mol. The minimum atomic E-state index is -0.298. The number of amides is 2. The highest BCUT2D eigenvalue weighted by Gasteiger charge is 2.27. The van der Waals surface area contributed by atoms with Gasteiger partial charge in [-0.2, -0.15) is 4.98 Å². The van der Waals surface area contributed by atoms with Crippen LogP contribution in [0.3, 0.4) is 0 Å². The quantitative estimate of drug-likeness (QED) is 0.557. The van der Waals surface area contributed by atoms with Crippen molar-refractivity contribution in [1.82, 2.24) is 19.8 Å². The van der Waals surface area contributed by atoms with Gasteiger partial charge in [0.05, 0.1) is 6.20 Å². The van der Waals surface area contributed by atoms with Crippen molar-refractivity contribution < 1.29 is 14.3 Å². The van der Waals surface area contributed by atoms with Crippen molar-refractivity contribution in [3.8, 4) is 5.88 Å². The summed E-state index contributed by atoms with van der Waals surface area (Å²) < 4.78 is 5.65. The molecule has 1 aromatic heterocycles. The third kappa shape index (κ3) is 6.41. The third-order valence-corrected chi connectivity index (χ3v) is 5.14. The van der Waals surface area contributed by atoms with Crippen LogP contribution in [0.2, 0.25) is 5.02 Å². The second-order valence-corrected chi connectivity index (χ2v) is 8.06. The number of nitrogens with one attached hydrogen (secondary N) is 2. The van der Waals surface area contributed by atoms with Crippen LogP contribution in [0.4, 0.5) is 11.6 Å². The predicted octanol–water partition coefficient (Wildman–Crippen LogP) is 2.52. The van der Waals surface area contributed by atoms with E-state index in [2.05, 4.69) is 27.2 Å². The molecule has 2 amide bonds. The molecule has 0 bridgehead atoms. The maximum atomic E-state index is 12.8. The van der Waals surface area contributed by atoms with Crippen LogP contribution < -0.4 is 15.4 Å². The zero-order chi connectivity index (χ0) is 23.1. The van der Waals surface area contributed by atoms with Crippen LogP contribution in [0.15, 0.2) is 43.1 Å². The molecular weight excluding hydrogens is 432 g/mol. The molecule has 32 heavy (non-hydrogen) atoms. The van der Waals surface area contributed by atoms with Crippen molar-refractivity contribution in [2.75, 3.05) is 51.0 Å². The molecule has 3 rings (SSSR count). The molecule has 1 aliphatic heterocycles. The third-order valence-electron chi connectivity index (χ3n) is 4.88. The molecular formula is C22H27ClN6O3. The molecule has 9 nitrogen and oxygen atoms in total. The summed E-state index contributed by atoms with van der Waals surface area (Å²) >= 11 is 6.14. The zero-order valence-electron chi connectivity index (χ0n) is 18.2. The molecule has 0 aliphatic carbocycles. The zero-order valence-corrected chi connectivity index (χ0v) is 18.9. The molecule has 10 heteroatoms. The first-order valence-electron chi connectivity index (χ1n) is 10.2. The Morgan fingerprint density at radius 3 is 2.78 bits per heavy atom. The van der Waals surface area contributed by atoms with Crippen molar-refractivity contribution in [3.63, 3.8) is 0 Å². The molecule has 1 aromatic carbocycles. The normalized spacial score (nSPS) is 15.5. The van der Waals surface area contributed by atoms with Crippen LogP contribution in [-0.2, 0) is 4.79 Å². The number of aromatic nitrogens is 2. The summed E-state index contributed by atoms with van der Waals surface area (Å²) in [6.45, 7) is 5.76. The van der Waals surface area contributed by atoms with Crippen LogP contribution in [0.5, 0.6) is 5.88 Å². The number of ether oxygens (including phenoxy) is 1. The van der Waals surface area contributed by atoms with Gasteiger partial charge in [0.15, 0.2) is 0 Å². The molecule has 1 atom stereocenters. The molecule has 2 N–H and O–H groups in total. The molecule has 2 heterocycles. The van der Waals surface area contributed by atoms with E-state index >= 15 is 0 Å². The van der Waals surface area contributed by atoms with Gasteiger partial charge in [-0.25, -0.2) is 4.98 Å². The van der Waals surface area contributed by atoms with Crippen LogP contribution in [0, 0.1) is 0 Å². The summed E-state index contributed by atoms with van der Waals surface area (Å²) in [6.07, 6.45) is 3.47. The number of anilines is 2. The first-order chi connectivity index (χ1) is 15.4. The Hall–Kier alpha value is -3.17. The predicted molar refractivity (Wildman–Crippen MR) is 124 cm³/mol. The number of rotatable bonds is 9. The lowest BCUT2D eigenvalue weighted by Gasteiger charge is -2.18. The number of likely N-dealkylation sites (N-methyl/N-ethyl adjacent to an activating group) is 1. The fourth-order valence-electron chi connectivity index (χ4n) is 3.16. The van der Waals surface area contributed by atoms with Gasteiger partial charge < -0.3 is 25.2 Å². The summed E-state index contributed by atoms with van der Waals surface area (Å²) in [5.74, 6) is 0.380. The largest absolute Gasteiger partial charge is 0.475 e. The van der Waals surface area contributed by atoms with Gasteiger partial charge in [0.1, 0.15) is 11.6 Å². The standard InChI is InChI=1S/C22H27ClN6O3/c1-4-19(30)25-16-7-5-15(6-8-16)21(31)29-10-9-17(14-29)26-22-24-13-18(23)20(27-22)32-12-11-28(2)3/h4-8,13,17H,1,9-12,14H2,2-3H3,(H,25,30)(H,24,26,27)/t17-/m1/s1. The van der Waals surface area contributed by atoms with Crippen LogP contribution >= 0.6 is 11.6 Å². The van der Waals surface area contributed by atoms with E-state index in [1.54, 1.807) is 29.2 Å². The van der Waals surface area contributed by atoms with Crippen molar-refractivity contribution in [3.05, 3.63) is 53.7 Å². The van der Waals surface area contributed by atoms with E-state index in [0.29, 0.717) is 47.8 Å². The maximum absolute atomic E-state index is 12.8. The van der Waals surface area contributed by atoms with E-state index in [4.69, 9.17) is 16.3 Å². The fourth-order valence-corrected chi connectivity index (χ4v) is 3.31. The maximum Gasteiger partial charge on any atom is 0.253 e. The molecule has 0 saturated carbocycles. The number of carbonyl (C=O) groups is 2. The molecule has 1 fully saturated rings. The van der Waals surface area contributed by atoms with Gasteiger partial charge in [0.2, 0.25) is 17.7 Å². The monoisotopic (exact) mass is 458 g/mol. The Bertz CT molecular complexity index is 967. The van der Waals surface area contributed by atoms with Gasteiger partial charge in [0.25, 0.3) is 5.91 Å². The first-order valence-corrected chi connectivity index (χ1v) is 10.6. The van der Waals surface area contributed by atoms with Gasteiger partial charge in [-0.3, -0.25) is 9.59 Å². The molecule has 170 valence electrons. The van der Waals surface area contributed by atoms with Crippen molar-refractivity contribution in [1.29, 1.82) is 0 Å². The highest BCUT2D eigenvalue weighted by Crippen LogP contribution is 2.23. The van der Waals surface area contributed by atoms with Gasteiger partial charge in [-0.1, -0.05) is 18.2 Å². The van der Waals surface area contributed by atoms with E-state index in [1.165, 1.54) is 12.3 Å². The van der Waals surface area contributed by atoms with Crippen molar-refractivity contribution in [2.45, 2.75) is 12.5 Å². The summed E-state index contributed by atoms with van der Waals surface area (Å²) in [7, 11) is 3.92. The molecule has 0 unspecified atom stereocenters. The lowest BCUT2D eigenvalue weighted by Crippen LogP contribution is -2.31. The topological polar surface area (TPSA) is 99.7 Å². The Kier molecular flexibility index (Phi) is 8.02. The Labute approximate surface area is 192 Å². The minimum absolute atomic E-state index is 0.0147. The molecule has 0 spiro atoms. The highest BCUT2D eigenvalue weighted by molar-refractivity contribution is 6.31. The molecule has 0 radical (unpaired) electrons. The average Bonchev–Trinajstić information content (AvgIpc) is 3.24. The van der Waals surface area contributed by atoms with Gasteiger partial charge in [0, 0.05) is 36.9 Å². The van der Waals surface area contributed by atoms with Crippen molar-refractivity contribution >= 4 is 35.1 Å². The smallest absolute Gasteiger partial charge is 0.253 e. The number of halogens is 1. The summed E-state index contributed by atoms with van der Waals surface area (Å²) in [5.41, 5.74) is 1.16. The molecule has 1 aliphatic rings. The van der Waals surface area contributed by atoms with E-state index in [0.717, 1.165) is 13.0 Å². The van der Waals surface area contributed by atoms with E-state index < -0.39 is 0 Å². The van der Waals surface area contributed by atoms with Crippen molar-refractivity contribution in [2.24, 2.45) is 0 Å². The Morgan fingerprint density at radius 1 is 1.34 bits per heavy atom. The van der Waals surface area contributed by atoms with Gasteiger partial charge in [-0.15, -0.1) is 0 Å². The summed E-state index contributed by atoms with van der Waals surface area (Å²) in [5, 5.41) is 6.27. The molecule has 2 aromatic rings. The van der Waals surface area contributed by atoms with E-state index in [-0.39, 0.29) is 17.9 Å². The number of carbonyl (C=O) groups excluding carboxylic acids is 2. The highest BCUT2D eigenvalue weighted by atomic mass is 35.5. The lowest BCUT2D eigenvalue weighted by molar-refractivity contribution is -0.111. The summed E-state index contributed by atoms with van der Waals surface area (Å²) in [6, 6.07) is 6.80. The number of hydrogen-bond acceptors (Lipinski definition) is 7. The fraction of sp³-hybridized carbons (Fsp3) is 0.364. The van der Waals surface area contributed by atoms with Crippen LogP contribution in [-0.4, -0.2) is 78.0 Å². The first kappa shape index (κ1) is 23.5. The number of likely N-dealkylation sites (tertiary alicyclic amines) is 1. The van der Waals surface area contributed by atoms with Gasteiger partial charge in [-0.05, 0) is 50.9 Å². The second-order valence-electron chi connectivity index (χ2n) is 7.65. The SMILES string of the molecule is C=CC(=O)Nc1ccc(C(=O)N2CC[C@@H](Nc3ncc(Cl)c(OCCN(C)C)n3)C2)cc1. The lowest BCUT2D eigenvalue weighted by atomic mass is 10.2. The molecule has 1 saturated heterocycles. The Balaban J connectivity index is 1.55. The van der Waals surface area contributed by atoms with Crippen LogP contribution in [0.25, 0.3) is 0 Å². The van der Waals surface area contributed by atoms with E-state index in [9.17, 15) is 9.59 Å². The van der Waals surface area contributed by atoms with Crippen LogP contribution in [0.1, 0.15) is 16.8 Å². The Morgan fingerprint density at radius 2 is 2.09 bits per heavy atom. The summed E-state index contributed by atoms with van der Waals surface area (Å²) in [4.78, 5) is 36.6. The van der Waals surface area contributed by atoms with Gasteiger partial charge >= 0.3 is 0 Å². The number of hydrogen-bond donors (Lipinski definition) is 2. The minimum Gasteiger partial charge on any atom is -0.475 e. The van der Waals surface area contributed by atoms with E-state index in [1.807, 2.05) is 19.0 Å². The number of nitrogens with zero attached hydrogens (tertiary/aromatic N) is 4. The number of benzene rings is 1. The second kappa shape index (κ2) is 10.9.